The number of nitrogens with zero attached hydrogens (tertiary/aromatic N) is 1. The molecule has 0 saturated heterocycles. The number of primary amides is 1. The van der Waals surface area contributed by atoms with Crippen molar-refractivity contribution in [1.29, 1.82) is 0 Å². The second-order valence-electron chi connectivity index (χ2n) is 2.93. The van der Waals surface area contributed by atoms with Gasteiger partial charge in [-0.1, -0.05) is 11.6 Å². The van der Waals surface area contributed by atoms with Crippen LogP contribution in [0.4, 0.5) is 0 Å². The van der Waals surface area contributed by atoms with Crippen LogP contribution in [0.15, 0.2) is 23.2 Å². The van der Waals surface area contributed by atoms with Crippen LogP contribution in [0.2, 0.25) is 5.15 Å². The number of pyridine rings is 1. The topological polar surface area (TPSA) is 102 Å². The fraction of sp³-hybridized carbons (Fsp3) is 0.250. The maximum absolute atomic E-state index is 11.6. The number of nitrogens with two attached hydrogens (primary N) is 1. The predicted octanol–water partition coefficient (Wildman–Crippen LogP) is -0.111. The maximum Gasteiger partial charge on any atom is 0.240 e. The van der Waals surface area contributed by atoms with Crippen LogP contribution in [0.25, 0.3) is 0 Å². The first-order chi connectivity index (χ1) is 7.42. The van der Waals surface area contributed by atoms with Gasteiger partial charge in [0, 0.05) is 19.2 Å². The first-order valence-electron chi connectivity index (χ1n) is 4.31. The van der Waals surface area contributed by atoms with Crippen molar-refractivity contribution in [2.24, 2.45) is 5.73 Å². The smallest absolute Gasteiger partial charge is 0.240 e. The quantitative estimate of drug-likeness (QED) is 0.724. The van der Waals surface area contributed by atoms with Gasteiger partial charge in [-0.15, -0.1) is 0 Å². The van der Waals surface area contributed by atoms with E-state index in [0.29, 0.717) is 0 Å². The van der Waals surface area contributed by atoms with Crippen LogP contribution >= 0.6 is 11.6 Å². The van der Waals surface area contributed by atoms with Gasteiger partial charge in [0.05, 0.1) is 4.90 Å². The minimum Gasteiger partial charge on any atom is -0.370 e. The number of carbonyl (C=O) groups excluding carboxylic acids is 1. The average Bonchev–Trinajstić information content (AvgIpc) is 2.16. The summed E-state index contributed by atoms with van der Waals surface area (Å²) < 4.78 is 25.5. The van der Waals surface area contributed by atoms with Crippen LogP contribution in [-0.2, 0) is 14.8 Å². The lowest BCUT2D eigenvalue weighted by Crippen LogP contribution is -2.28. The van der Waals surface area contributed by atoms with Gasteiger partial charge in [0.25, 0.3) is 0 Å². The van der Waals surface area contributed by atoms with E-state index in [4.69, 9.17) is 17.3 Å². The number of hydrogen-bond acceptors (Lipinski definition) is 4. The predicted molar refractivity (Wildman–Crippen MR) is 58.2 cm³/mol. The van der Waals surface area contributed by atoms with Crippen LogP contribution in [0.3, 0.4) is 0 Å². The molecule has 0 aliphatic carbocycles. The number of hydrogen-bond donors (Lipinski definition) is 2. The molecule has 8 heteroatoms. The zero-order chi connectivity index (χ0) is 12.2. The summed E-state index contributed by atoms with van der Waals surface area (Å²) in [6, 6.07) is 2.52. The summed E-state index contributed by atoms with van der Waals surface area (Å²) in [5, 5.41) is 0.0813. The molecule has 1 aromatic rings. The Morgan fingerprint density at radius 2 is 2.25 bits per heavy atom. The average molecular weight is 264 g/mol. The van der Waals surface area contributed by atoms with Gasteiger partial charge in [-0.3, -0.25) is 4.79 Å². The number of halogens is 1. The summed E-state index contributed by atoms with van der Waals surface area (Å²) in [5.74, 6) is -0.574. The highest BCUT2D eigenvalue weighted by Gasteiger charge is 2.14. The highest BCUT2D eigenvalue weighted by Crippen LogP contribution is 2.12. The van der Waals surface area contributed by atoms with Gasteiger partial charge in [0.1, 0.15) is 5.15 Å². The standard InChI is InChI=1S/C8H10ClN3O3S/c9-7-5-6(1-3-11-7)16(14,15)12-4-2-8(10)13/h1,3,5,12H,2,4H2,(H2,10,13). The molecule has 0 radical (unpaired) electrons. The van der Waals surface area contributed by atoms with Gasteiger partial charge < -0.3 is 5.73 Å². The fourth-order valence-corrected chi connectivity index (χ4v) is 2.23. The molecule has 1 heterocycles. The van der Waals surface area contributed by atoms with Crippen LogP contribution in [0.5, 0.6) is 0 Å². The third-order valence-electron chi connectivity index (χ3n) is 1.67. The molecule has 0 atom stereocenters. The summed E-state index contributed by atoms with van der Waals surface area (Å²) in [4.78, 5) is 14.1. The van der Waals surface area contributed by atoms with Crippen LogP contribution in [-0.4, -0.2) is 25.9 Å². The molecular formula is C8H10ClN3O3S. The van der Waals surface area contributed by atoms with Gasteiger partial charge in [0.2, 0.25) is 15.9 Å². The van der Waals surface area contributed by atoms with E-state index in [1.54, 1.807) is 0 Å². The number of aromatic nitrogens is 1. The van der Waals surface area contributed by atoms with Crippen molar-refractivity contribution in [1.82, 2.24) is 9.71 Å². The second-order valence-corrected chi connectivity index (χ2v) is 5.08. The van der Waals surface area contributed by atoms with Crippen molar-refractivity contribution in [2.45, 2.75) is 11.3 Å². The van der Waals surface area contributed by atoms with Crippen LogP contribution in [0.1, 0.15) is 6.42 Å². The highest BCUT2D eigenvalue weighted by molar-refractivity contribution is 7.89. The summed E-state index contributed by atoms with van der Waals surface area (Å²) >= 11 is 5.56. The summed E-state index contributed by atoms with van der Waals surface area (Å²) in [6.45, 7) is -0.0440. The first-order valence-corrected chi connectivity index (χ1v) is 6.17. The van der Waals surface area contributed by atoms with E-state index in [1.165, 1.54) is 18.3 Å². The molecule has 16 heavy (non-hydrogen) atoms. The van der Waals surface area contributed by atoms with Crippen molar-refractivity contribution in [3.8, 4) is 0 Å². The molecule has 1 amide bonds. The number of amides is 1. The third kappa shape index (κ3) is 3.76. The molecule has 1 rings (SSSR count). The molecule has 0 aliphatic heterocycles. The van der Waals surface area contributed by atoms with E-state index in [0.717, 1.165) is 0 Å². The van der Waals surface area contributed by atoms with Crippen molar-refractivity contribution >= 4 is 27.5 Å². The lowest BCUT2D eigenvalue weighted by Gasteiger charge is -2.05. The summed E-state index contributed by atoms with van der Waals surface area (Å²) in [5.41, 5.74) is 4.88. The van der Waals surface area contributed by atoms with E-state index in [-0.39, 0.29) is 23.0 Å². The van der Waals surface area contributed by atoms with Crippen LogP contribution < -0.4 is 10.5 Å². The number of carbonyl (C=O) groups is 1. The van der Waals surface area contributed by atoms with E-state index < -0.39 is 15.9 Å². The first kappa shape index (κ1) is 12.9. The highest BCUT2D eigenvalue weighted by atomic mass is 35.5. The molecule has 0 unspecified atom stereocenters. The number of sulfonamides is 1. The Bertz CT molecular complexity index is 489. The Hall–Kier alpha value is -1.18. The number of nitrogens with one attached hydrogen (secondary N) is 1. The van der Waals surface area contributed by atoms with Crippen LogP contribution in [0, 0.1) is 0 Å². The van der Waals surface area contributed by atoms with E-state index >= 15 is 0 Å². The lowest BCUT2D eigenvalue weighted by atomic mass is 10.4. The molecule has 0 aliphatic rings. The molecule has 0 bridgehead atoms. The molecule has 1 aromatic heterocycles. The molecule has 0 fully saturated rings. The minimum absolute atomic E-state index is 0.00281. The molecule has 3 N–H and O–H groups in total. The zero-order valence-corrected chi connectivity index (χ0v) is 9.75. The SMILES string of the molecule is NC(=O)CCNS(=O)(=O)c1ccnc(Cl)c1. The molecule has 6 nitrogen and oxygen atoms in total. The van der Waals surface area contributed by atoms with E-state index in [1.807, 2.05) is 0 Å². The van der Waals surface area contributed by atoms with E-state index in [9.17, 15) is 13.2 Å². The molecule has 0 spiro atoms. The van der Waals surface area contributed by atoms with Crippen molar-refractivity contribution in [3.63, 3.8) is 0 Å². The van der Waals surface area contributed by atoms with Gasteiger partial charge in [-0.25, -0.2) is 18.1 Å². The van der Waals surface area contributed by atoms with E-state index in [2.05, 4.69) is 9.71 Å². The lowest BCUT2D eigenvalue weighted by molar-refractivity contribution is -0.117. The monoisotopic (exact) mass is 263 g/mol. The summed E-state index contributed by atoms with van der Waals surface area (Å²) in [6.07, 6.45) is 1.23. The van der Waals surface area contributed by atoms with Gasteiger partial charge >= 0.3 is 0 Å². The Balaban J connectivity index is 2.74. The Labute approximate surface area is 97.9 Å². The zero-order valence-electron chi connectivity index (χ0n) is 8.18. The molecule has 88 valence electrons. The summed E-state index contributed by atoms with van der Waals surface area (Å²) in [7, 11) is -3.66. The van der Waals surface area contributed by atoms with Crippen molar-refractivity contribution in [3.05, 3.63) is 23.5 Å². The van der Waals surface area contributed by atoms with Crippen molar-refractivity contribution < 1.29 is 13.2 Å². The molecule has 0 aromatic carbocycles. The van der Waals surface area contributed by atoms with Gasteiger partial charge in [-0.2, -0.15) is 0 Å². The Kier molecular flexibility index (Phi) is 4.22. The van der Waals surface area contributed by atoms with Gasteiger partial charge in [0.15, 0.2) is 0 Å². The normalized spacial score (nSPS) is 11.3. The Morgan fingerprint density at radius 1 is 1.56 bits per heavy atom. The Morgan fingerprint density at radius 3 is 2.81 bits per heavy atom. The maximum atomic E-state index is 11.6. The number of rotatable bonds is 5. The fourth-order valence-electron chi connectivity index (χ4n) is 0.944. The third-order valence-corrected chi connectivity index (χ3v) is 3.34. The molecule has 0 saturated carbocycles. The van der Waals surface area contributed by atoms with Gasteiger partial charge in [-0.05, 0) is 12.1 Å². The second kappa shape index (κ2) is 5.24. The van der Waals surface area contributed by atoms with Crippen molar-refractivity contribution in [2.75, 3.05) is 6.54 Å². The largest absolute Gasteiger partial charge is 0.370 e. The minimum atomic E-state index is -3.66. The molecular weight excluding hydrogens is 254 g/mol.